The Hall–Kier alpha value is -2.49. The molecule has 0 saturated carbocycles. The van der Waals surface area contributed by atoms with Crippen LogP contribution in [-0.2, 0) is 0 Å². The van der Waals surface area contributed by atoms with Crippen LogP contribution in [0.4, 0.5) is 5.82 Å². The maximum Gasteiger partial charge on any atom is 0.177 e. The zero-order chi connectivity index (χ0) is 23.1. The second-order valence-corrected chi connectivity index (χ2v) is 8.93. The minimum absolute atomic E-state index is 0.214. The Bertz CT molecular complexity index is 871. The van der Waals surface area contributed by atoms with E-state index >= 15 is 0 Å². The van der Waals surface area contributed by atoms with Gasteiger partial charge in [0.25, 0.3) is 0 Å². The number of rotatable bonds is 9. The predicted molar refractivity (Wildman–Crippen MR) is 134 cm³/mol. The highest BCUT2D eigenvalue weighted by atomic mass is 16.5. The Morgan fingerprint density at radius 1 is 1.29 bits per heavy atom. The van der Waals surface area contributed by atoms with Gasteiger partial charge in [0, 0.05) is 25.7 Å². The minimum Gasteiger partial charge on any atom is -0.373 e. The van der Waals surface area contributed by atoms with Crippen LogP contribution < -0.4 is 4.90 Å². The molecule has 0 saturated heterocycles. The van der Waals surface area contributed by atoms with Crippen molar-refractivity contribution in [2.24, 2.45) is 5.92 Å². The molecule has 1 aromatic rings. The molecule has 0 aliphatic heterocycles. The van der Waals surface area contributed by atoms with E-state index in [-0.39, 0.29) is 6.04 Å². The first-order chi connectivity index (χ1) is 14.7. The second-order valence-electron chi connectivity index (χ2n) is 8.93. The van der Waals surface area contributed by atoms with Crippen LogP contribution in [0, 0.1) is 5.92 Å². The molecule has 4 nitrogen and oxygen atoms in total. The Morgan fingerprint density at radius 2 is 2.00 bits per heavy atom. The number of aromatic nitrogens is 1. The first kappa shape index (κ1) is 24.8. The maximum atomic E-state index is 5.71. The van der Waals surface area contributed by atoms with Crippen LogP contribution >= 0.6 is 0 Å². The van der Waals surface area contributed by atoms with E-state index in [2.05, 4.69) is 75.0 Å². The topological polar surface area (TPSA) is 32.5 Å². The molecule has 0 spiro atoms. The maximum absolute atomic E-state index is 5.71. The fourth-order valence-electron chi connectivity index (χ4n) is 4.14. The monoisotopic (exact) mass is 423 g/mol. The van der Waals surface area contributed by atoms with Gasteiger partial charge in [0.15, 0.2) is 11.6 Å². The standard InChI is InChI=1S/C27H41N3O/c1-10-12-15-29(9)23(7)24(8)30(27-18-26(31-28-27)21(5)11-2)25-14-13-19(3)16-20(4)17-22(25)6/h11,16-18,22,25H,7-8,10,12-15H2,1-6,9H3/b19-16+,20-17-,21-11+. The first-order valence-electron chi connectivity index (χ1n) is 11.5. The smallest absolute Gasteiger partial charge is 0.177 e. The van der Waals surface area contributed by atoms with Gasteiger partial charge in [-0.2, -0.15) is 0 Å². The largest absolute Gasteiger partial charge is 0.373 e. The number of allylic oxidation sites excluding steroid dienone is 5. The Labute approximate surface area is 189 Å². The van der Waals surface area contributed by atoms with E-state index in [9.17, 15) is 0 Å². The number of unbranched alkanes of at least 4 members (excludes halogenated alkanes) is 1. The zero-order valence-corrected chi connectivity index (χ0v) is 20.7. The Morgan fingerprint density at radius 3 is 2.65 bits per heavy atom. The number of anilines is 1. The average Bonchev–Trinajstić information content (AvgIpc) is 3.21. The van der Waals surface area contributed by atoms with Crippen LogP contribution in [0.1, 0.15) is 73.0 Å². The van der Waals surface area contributed by atoms with Gasteiger partial charge in [-0.25, -0.2) is 0 Å². The van der Waals surface area contributed by atoms with E-state index in [0.29, 0.717) is 5.92 Å². The van der Waals surface area contributed by atoms with E-state index in [1.54, 1.807) is 0 Å². The summed E-state index contributed by atoms with van der Waals surface area (Å²) in [5, 5.41) is 4.47. The number of hydrogen-bond donors (Lipinski definition) is 0. The molecule has 2 rings (SSSR count). The molecular formula is C27H41N3O. The summed E-state index contributed by atoms with van der Waals surface area (Å²) in [6.45, 7) is 22.8. The van der Waals surface area contributed by atoms with Crippen LogP contribution in [0.5, 0.6) is 0 Å². The van der Waals surface area contributed by atoms with Crippen molar-refractivity contribution in [1.29, 1.82) is 0 Å². The van der Waals surface area contributed by atoms with Crippen molar-refractivity contribution in [2.75, 3.05) is 18.5 Å². The molecule has 2 unspecified atom stereocenters. The van der Waals surface area contributed by atoms with Gasteiger partial charge < -0.3 is 14.3 Å². The van der Waals surface area contributed by atoms with E-state index in [4.69, 9.17) is 4.52 Å². The molecule has 0 bridgehead atoms. The molecule has 1 aromatic heterocycles. The fourth-order valence-corrected chi connectivity index (χ4v) is 4.14. The van der Waals surface area contributed by atoms with E-state index in [0.717, 1.165) is 60.8 Å². The fraction of sp³-hybridized carbons (Fsp3) is 0.519. The number of likely N-dealkylation sites (N-methyl/N-ethyl adjacent to an activating group) is 1. The summed E-state index contributed by atoms with van der Waals surface area (Å²) in [6, 6.07) is 2.25. The van der Waals surface area contributed by atoms with Gasteiger partial charge in [0.2, 0.25) is 0 Å². The third-order valence-electron chi connectivity index (χ3n) is 6.27. The highest BCUT2D eigenvalue weighted by Gasteiger charge is 2.30. The van der Waals surface area contributed by atoms with Gasteiger partial charge in [-0.15, -0.1) is 0 Å². The molecule has 1 aliphatic rings. The molecule has 0 radical (unpaired) electrons. The highest BCUT2D eigenvalue weighted by molar-refractivity contribution is 5.63. The van der Waals surface area contributed by atoms with Gasteiger partial charge >= 0.3 is 0 Å². The molecule has 0 aromatic carbocycles. The summed E-state index contributed by atoms with van der Waals surface area (Å²) >= 11 is 0. The van der Waals surface area contributed by atoms with E-state index in [1.807, 2.05) is 26.0 Å². The number of hydrogen-bond acceptors (Lipinski definition) is 4. The third kappa shape index (κ3) is 6.25. The number of nitrogens with zero attached hydrogens (tertiary/aromatic N) is 3. The zero-order valence-electron chi connectivity index (χ0n) is 20.7. The summed E-state index contributed by atoms with van der Waals surface area (Å²) in [6.07, 6.45) is 11.0. The normalized spacial score (nSPS) is 23.1. The molecule has 1 heterocycles. The summed E-state index contributed by atoms with van der Waals surface area (Å²) in [7, 11) is 2.10. The molecule has 0 fully saturated rings. The predicted octanol–water partition coefficient (Wildman–Crippen LogP) is 7.35. The lowest BCUT2D eigenvalue weighted by molar-refractivity contribution is 0.391. The third-order valence-corrected chi connectivity index (χ3v) is 6.27. The van der Waals surface area contributed by atoms with E-state index < -0.39 is 0 Å². The highest BCUT2D eigenvalue weighted by Crippen LogP contribution is 2.34. The van der Waals surface area contributed by atoms with Crippen LogP contribution in [0.15, 0.2) is 64.5 Å². The molecule has 2 atom stereocenters. The molecular weight excluding hydrogens is 382 g/mol. The average molecular weight is 424 g/mol. The summed E-state index contributed by atoms with van der Waals surface area (Å²) in [5.41, 5.74) is 5.61. The second kappa shape index (κ2) is 11.2. The summed E-state index contributed by atoms with van der Waals surface area (Å²) in [4.78, 5) is 4.46. The minimum atomic E-state index is 0.214. The van der Waals surface area contributed by atoms with E-state index in [1.165, 1.54) is 11.1 Å². The molecule has 0 N–H and O–H groups in total. The molecule has 0 amide bonds. The van der Waals surface area contributed by atoms with Crippen molar-refractivity contribution < 1.29 is 4.52 Å². The quantitative estimate of drug-likeness (QED) is 0.389. The van der Waals surface area contributed by atoms with Crippen molar-refractivity contribution >= 4 is 11.4 Å². The van der Waals surface area contributed by atoms with Crippen molar-refractivity contribution in [2.45, 2.75) is 73.3 Å². The van der Waals surface area contributed by atoms with Crippen LogP contribution in [0.3, 0.4) is 0 Å². The van der Waals surface area contributed by atoms with Crippen LogP contribution in [0.25, 0.3) is 5.57 Å². The SMILES string of the molecule is C=C(C(=C)N(c1cc(/C(C)=C/C)on1)C1CC/C(C)=C/C(C)=C\C1C)N(C)CCCC. The first-order valence-corrected chi connectivity index (χ1v) is 11.5. The van der Waals surface area contributed by atoms with Gasteiger partial charge in [0.05, 0.1) is 11.4 Å². The Balaban J connectivity index is 2.47. The van der Waals surface area contributed by atoms with Crippen molar-refractivity contribution in [3.8, 4) is 0 Å². The van der Waals surface area contributed by atoms with Gasteiger partial charge in [-0.1, -0.05) is 68.0 Å². The lowest BCUT2D eigenvalue weighted by Crippen LogP contribution is -2.41. The van der Waals surface area contributed by atoms with Crippen molar-refractivity contribution in [3.63, 3.8) is 0 Å². The summed E-state index contributed by atoms with van der Waals surface area (Å²) < 4.78 is 5.71. The Kier molecular flexibility index (Phi) is 8.97. The van der Waals surface area contributed by atoms with Gasteiger partial charge in [-0.05, 0) is 58.4 Å². The molecule has 4 heteroatoms. The molecule has 31 heavy (non-hydrogen) atoms. The molecule has 1 aliphatic carbocycles. The van der Waals surface area contributed by atoms with Crippen LogP contribution in [-0.4, -0.2) is 29.7 Å². The van der Waals surface area contributed by atoms with Crippen molar-refractivity contribution in [3.05, 3.63) is 65.8 Å². The summed E-state index contributed by atoms with van der Waals surface area (Å²) in [5.74, 6) is 1.93. The van der Waals surface area contributed by atoms with Crippen LogP contribution in [0.2, 0.25) is 0 Å². The van der Waals surface area contributed by atoms with Crippen molar-refractivity contribution in [1.82, 2.24) is 10.1 Å². The lowest BCUT2D eigenvalue weighted by Gasteiger charge is -2.39. The lowest BCUT2D eigenvalue weighted by atomic mass is 9.88. The van der Waals surface area contributed by atoms with Gasteiger partial charge in [0.1, 0.15) is 0 Å². The molecule has 170 valence electrons. The van der Waals surface area contributed by atoms with Gasteiger partial charge in [-0.3, -0.25) is 0 Å².